The Hall–Kier alpha value is -1.05. The van der Waals surface area contributed by atoms with Gasteiger partial charge in [0.15, 0.2) is 0 Å². The van der Waals surface area contributed by atoms with Gasteiger partial charge in [0.2, 0.25) is 0 Å². The second-order valence-corrected chi connectivity index (χ2v) is 3.03. The summed E-state index contributed by atoms with van der Waals surface area (Å²) in [6.07, 6.45) is 7.73. The standard InChI is InChI=1S/C9H12N2/c1-7-8-5-3-4-6-9(8)11(2)10-7/h4-6,9H,3H2,1-2H3. The summed E-state index contributed by atoms with van der Waals surface area (Å²) in [5.74, 6) is 0. The van der Waals surface area contributed by atoms with Crippen LogP contribution in [0.25, 0.3) is 0 Å². The highest BCUT2D eigenvalue weighted by Crippen LogP contribution is 2.24. The van der Waals surface area contributed by atoms with Crippen LogP contribution in [0, 0.1) is 0 Å². The SMILES string of the molecule is CC1=NN(C)C2C=CCC=C12. The van der Waals surface area contributed by atoms with Crippen molar-refractivity contribution in [2.45, 2.75) is 19.4 Å². The summed E-state index contributed by atoms with van der Waals surface area (Å²) in [6.45, 7) is 2.07. The highest BCUT2D eigenvalue weighted by Gasteiger charge is 2.25. The zero-order chi connectivity index (χ0) is 7.84. The van der Waals surface area contributed by atoms with Crippen LogP contribution in [0.3, 0.4) is 0 Å². The number of fused-ring (bicyclic) bond motifs is 1. The summed E-state index contributed by atoms with van der Waals surface area (Å²) in [5.41, 5.74) is 2.55. The zero-order valence-corrected chi connectivity index (χ0v) is 6.91. The molecule has 0 N–H and O–H groups in total. The van der Waals surface area contributed by atoms with E-state index in [9.17, 15) is 0 Å². The smallest absolute Gasteiger partial charge is 0.0913 e. The molecule has 1 aliphatic carbocycles. The molecule has 2 aliphatic rings. The topological polar surface area (TPSA) is 15.6 Å². The molecule has 2 heteroatoms. The summed E-state index contributed by atoms with van der Waals surface area (Å²) >= 11 is 0. The van der Waals surface area contributed by atoms with Crippen LogP contribution >= 0.6 is 0 Å². The van der Waals surface area contributed by atoms with Crippen molar-refractivity contribution in [3.05, 3.63) is 23.8 Å². The van der Waals surface area contributed by atoms with Crippen molar-refractivity contribution < 1.29 is 0 Å². The highest BCUT2D eigenvalue weighted by atomic mass is 15.5. The lowest BCUT2D eigenvalue weighted by molar-refractivity contribution is 0.350. The van der Waals surface area contributed by atoms with Crippen LogP contribution in [0.4, 0.5) is 0 Å². The van der Waals surface area contributed by atoms with Gasteiger partial charge in [-0.2, -0.15) is 5.10 Å². The molecular formula is C9H12N2. The fraction of sp³-hybridized carbons (Fsp3) is 0.444. The molecule has 1 unspecified atom stereocenters. The minimum absolute atomic E-state index is 0.420. The van der Waals surface area contributed by atoms with E-state index in [0.29, 0.717) is 6.04 Å². The lowest BCUT2D eigenvalue weighted by Crippen LogP contribution is -2.23. The Kier molecular flexibility index (Phi) is 1.34. The Balaban J connectivity index is 2.36. The fourth-order valence-electron chi connectivity index (χ4n) is 1.67. The highest BCUT2D eigenvalue weighted by molar-refractivity contribution is 6.01. The Bertz CT molecular complexity index is 261. The van der Waals surface area contributed by atoms with Gasteiger partial charge in [-0.25, -0.2) is 0 Å². The molecule has 58 valence electrons. The van der Waals surface area contributed by atoms with Gasteiger partial charge in [0.05, 0.1) is 11.8 Å². The molecule has 0 amide bonds. The van der Waals surface area contributed by atoms with Crippen LogP contribution in [-0.2, 0) is 0 Å². The maximum atomic E-state index is 4.36. The van der Waals surface area contributed by atoms with Crippen LogP contribution in [0.15, 0.2) is 28.9 Å². The van der Waals surface area contributed by atoms with Crippen LogP contribution in [0.1, 0.15) is 13.3 Å². The molecule has 0 fully saturated rings. The van der Waals surface area contributed by atoms with Crippen LogP contribution < -0.4 is 0 Å². The minimum atomic E-state index is 0.420. The molecule has 1 atom stereocenters. The molecule has 2 nitrogen and oxygen atoms in total. The van der Waals surface area contributed by atoms with E-state index in [0.717, 1.165) is 6.42 Å². The first-order chi connectivity index (χ1) is 5.29. The Morgan fingerprint density at radius 2 is 2.45 bits per heavy atom. The lowest BCUT2D eigenvalue weighted by Gasteiger charge is -2.18. The van der Waals surface area contributed by atoms with Gasteiger partial charge in [0.25, 0.3) is 0 Å². The average molecular weight is 148 g/mol. The maximum Gasteiger partial charge on any atom is 0.0913 e. The van der Waals surface area contributed by atoms with Gasteiger partial charge in [0, 0.05) is 7.05 Å². The van der Waals surface area contributed by atoms with Crippen molar-refractivity contribution in [2.75, 3.05) is 7.05 Å². The van der Waals surface area contributed by atoms with E-state index in [1.54, 1.807) is 0 Å². The summed E-state index contributed by atoms with van der Waals surface area (Å²) in [6, 6.07) is 0.420. The molecule has 1 heterocycles. The van der Waals surface area contributed by atoms with E-state index >= 15 is 0 Å². The molecule has 0 spiro atoms. The number of rotatable bonds is 0. The summed E-state index contributed by atoms with van der Waals surface area (Å²) < 4.78 is 0. The van der Waals surface area contributed by atoms with E-state index in [2.05, 4.69) is 30.3 Å². The number of likely N-dealkylation sites (N-methyl/N-ethyl adjacent to an activating group) is 1. The van der Waals surface area contributed by atoms with E-state index < -0.39 is 0 Å². The van der Waals surface area contributed by atoms with Crippen molar-refractivity contribution >= 4 is 5.71 Å². The van der Waals surface area contributed by atoms with Gasteiger partial charge < -0.3 is 0 Å². The average Bonchev–Trinajstić information content (AvgIpc) is 2.30. The maximum absolute atomic E-state index is 4.36. The Morgan fingerprint density at radius 3 is 3.18 bits per heavy atom. The van der Waals surface area contributed by atoms with Gasteiger partial charge in [-0.15, -0.1) is 0 Å². The van der Waals surface area contributed by atoms with Crippen molar-refractivity contribution in [3.8, 4) is 0 Å². The van der Waals surface area contributed by atoms with Crippen molar-refractivity contribution in [2.24, 2.45) is 5.10 Å². The normalized spacial score (nSPS) is 28.2. The molecule has 11 heavy (non-hydrogen) atoms. The van der Waals surface area contributed by atoms with Crippen LogP contribution in [-0.4, -0.2) is 23.8 Å². The van der Waals surface area contributed by atoms with E-state index in [1.165, 1.54) is 11.3 Å². The van der Waals surface area contributed by atoms with Gasteiger partial charge in [-0.05, 0) is 18.9 Å². The number of hydrazone groups is 1. The van der Waals surface area contributed by atoms with Crippen molar-refractivity contribution in [1.82, 2.24) is 5.01 Å². The second kappa shape index (κ2) is 2.22. The lowest BCUT2D eigenvalue weighted by atomic mass is 9.98. The molecule has 0 aromatic rings. The summed E-state index contributed by atoms with van der Waals surface area (Å²) in [5, 5.41) is 6.37. The van der Waals surface area contributed by atoms with Crippen molar-refractivity contribution in [3.63, 3.8) is 0 Å². The van der Waals surface area contributed by atoms with Gasteiger partial charge in [-0.1, -0.05) is 18.2 Å². The Morgan fingerprint density at radius 1 is 1.64 bits per heavy atom. The number of nitrogens with zero attached hydrogens (tertiary/aromatic N) is 2. The third-order valence-electron chi connectivity index (χ3n) is 2.24. The third-order valence-corrected chi connectivity index (χ3v) is 2.24. The van der Waals surface area contributed by atoms with E-state index in [4.69, 9.17) is 0 Å². The largest absolute Gasteiger partial charge is 0.288 e. The Labute approximate surface area is 66.9 Å². The van der Waals surface area contributed by atoms with E-state index in [1.807, 2.05) is 12.1 Å². The molecular weight excluding hydrogens is 136 g/mol. The number of hydrogen-bond acceptors (Lipinski definition) is 2. The molecule has 0 saturated carbocycles. The summed E-state index contributed by atoms with van der Waals surface area (Å²) in [7, 11) is 2.02. The first kappa shape index (κ1) is 6.65. The molecule has 0 aromatic heterocycles. The fourth-order valence-corrected chi connectivity index (χ4v) is 1.67. The van der Waals surface area contributed by atoms with Gasteiger partial charge >= 0.3 is 0 Å². The molecule has 2 rings (SSSR count). The third kappa shape index (κ3) is 0.897. The first-order valence-electron chi connectivity index (χ1n) is 3.94. The second-order valence-electron chi connectivity index (χ2n) is 3.03. The minimum Gasteiger partial charge on any atom is -0.288 e. The number of allylic oxidation sites excluding steroid dienone is 2. The molecule has 1 aliphatic heterocycles. The molecule has 0 saturated heterocycles. The van der Waals surface area contributed by atoms with Crippen LogP contribution in [0.5, 0.6) is 0 Å². The van der Waals surface area contributed by atoms with Crippen molar-refractivity contribution in [1.29, 1.82) is 0 Å². The predicted molar refractivity (Wildman–Crippen MR) is 46.5 cm³/mol. The molecule has 0 aromatic carbocycles. The quantitative estimate of drug-likeness (QED) is 0.476. The first-order valence-corrected chi connectivity index (χ1v) is 3.94. The predicted octanol–water partition coefficient (Wildman–Crippen LogP) is 1.56. The number of hydrogen-bond donors (Lipinski definition) is 0. The van der Waals surface area contributed by atoms with Gasteiger partial charge in [-0.3, -0.25) is 5.01 Å². The monoisotopic (exact) mass is 148 g/mol. The van der Waals surface area contributed by atoms with Gasteiger partial charge in [0.1, 0.15) is 0 Å². The molecule has 0 bridgehead atoms. The van der Waals surface area contributed by atoms with E-state index in [-0.39, 0.29) is 0 Å². The molecule has 0 radical (unpaired) electrons. The van der Waals surface area contributed by atoms with Crippen LogP contribution in [0.2, 0.25) is 0 Å². The zero-order valence-electron chi connectivity index (χ0n) is 6.91. The summed E-state index contributed by atoms with van der Waals surface area (Å²) in [4.78, 5) is 0.